The molecule has 128 valence electrons. The van der Waals surface area contributed by atoms with Crippen molar-refractivity contribution in [1.82, 2.24) is 0 Å². The Bertz CT molecular complexity index is 1090. The van der Waals surface area contributed by atoms with Crippen molar-refractivity contribution in [3.05, 3.63) is 60.2 Å². The molecule has 3 rings (SSSR count). The van der Waals surface area contributed by atoms with Crippen molar-refractivity contribution >= 4 is 38.2 Å². The molecule has 0 unspecified atom stereocenters. The fourth-order valence-electron chi connectivity index (χ4n) is 2.46. The molecule has 0 aromatic heterocycles. The Balaban J connectivity index is 2.09. The predicted molar refractivity (Wildman–Crippen MR) is 94.2 cm³/mol. The van der Waals surface area contributed by atoms with E-state index in [2.05, 4.69) is 5.32 Å². The Morgan fingerprint density at radius 1 is 1.00 bits per heavy atom. The number of fused-ring (bicyclic) bond motifs is 1. The highest BCUT2D eigenvalue weighted by atomic mass is 32.2. The Labute approximate surface area is 143 Å². The highest BCUT2D eigenvalue weighted by Crippen LogP contribution is 2.33. The van der Waals surface area contributed by atoms with Gasteiger partial charge in [-0.3, -0.25) is 9.35 Å². The average molecular weight is 358 g/mol. The molecule has 0 aliphatic rings. The highest BCUT2D eigenvalue weighted by molar-refractivity contribution is 7.85. The molecule has 3 aromatic rings. The number of nitrogens with two attached hydrogens (primary N) is 1. The van der Waals surface area contributed by atoms with Crippen LogP contribution < -0.4 is 11.1 Å². The zero-order chi connectivity index (χ0) is 18.2. The molecule has 0 atom stereocenters. The summed E-state index contributed by atoms with van der Waals surface area (Å²) in [6, 6.07) is 12.9. The summed E-state index contributed by atoms with van der Waals surface area (Å²) in [5.41, 5.74) is 6.70. The second-order valence-electron chi connectivity index (χ2n) is 5.39. The monoisotopic (exact) mass is 358 g/mol. The van der Waals surface area contributed by atoms with Crippen LogP contribution in [0.4, 0.5) is 11.4 Å². The summed E-state index contributed by atoms with van der Waals surface area (Å²) < 4.78 is 31.9. The molecule has 0 saturated carbocycles. The van der Waals surface area contributed by atoms with Crippen LogP contribution >= 0.6 is 0 Å². The quantitative estimate of drug-likeness (QED) is 0.323. The van der Waals surface area contributed by atoms with Crippen LogP contribution in [0.5, 0.6) is 5.75 Å². The van der Waals surface area contributed by atoms with Crippen LogP contribution in [0.2, 0.25) is 0 Å². The SMILES string of the molecule is Nc1cccc(C(=O)Nc2ccc(O)c3ccc(S(=O)(=O)O)cc23)c1. The van der Waals surface area contributed by atoms with Gasteiger partial charge in [0.25, 0.3) is 16.0 Å². The topological polar surface area (TPSA) is 130 Å². The highest BCUT2D eigenvalue weighted by Gasteiger charge is 2.15. The van der Waals surface area contributed by atoms with Crippen LogP contribution in [-0.2, 0) is 10.1 Å². The lowest BCUT2D eigenvalue weighted by Gasteiger charge is -2.11. The van der Waals surface area contributed by atoms with Crippen LogP contribution in [0.25, 0.3) is 10.8 Å². The molecule has 5 N–H and O–H groups in total. The standard InChI is InChI=1S/C17H14N2O5S/c18-11-3-1-2-10(8-11)17(21)19-15-6-7-16(20)13-5-4-12(9-14(13)15)25(22,23)24/h1-9,20H,18H2,(H,19,21)(H,22,23,24). The molecule has 0 radical (unpaired) electrons. The zero-order valence-electron chi connectivity index (χ0n) is 12.8. The van der Waals surface area contributed by atoms with Gasteiger partial charge in [0.1, 0.15) is 5.75 Å². The molecule has 0 fully saturated rings. The Morgan fingerprint density at radius 2 is 1.76 bits per heavy atom. The van der Waals surface area contributed by atoms with Crippen LogP contribution in [0.1, 0.15) is 10.4 Å². The van der Waals surface area contributed by atoms with Crippen LogP contribution in [0, 0.1) is 0 Å². The first-order valence-corrected chi connectivity index (χ1v) is 8.60. The van der Waals surface area contributed by atoms with Gasteiger partial charge in [-0.2, -0.15) is 8.42 Å². The van der Waals surface area contributed by atoms with E-state index in [1.807, 2.05) is 0 Å². The van der Waals surface area contributed by atoms with E-state index < -0.39 is 16.0 Å². The number of anilines is 2. The van der Waals surface area contributed by atoms with E-state index in [-0.39, 0.29) is 21.7 Å². The number of carbonyl (C=O) groups excluding carboxylic acids is 1. The van der Waals surface area contributed by atoms with Crippen LogP contribution in [-0.4, -0.2) is 24.0 Å². The van der Waals surface area contributed by atoms with Gasteiger partial charge in [-0.1, -0.05) is 6.07 Å². The Kier molecular flexibility index (Phi) is 4.07. The minimum absolute atomic E-state index is 0.0844. The molecule has 0 bridgehead atoms. The summed E-state index contributed by atoms with van der Waals surface area (Å²) in [6.45, 7) is 0. The molecule has 0 aliphatic heterocycles. The number of hydrogen-bond donors (Lipinski definition) is 4. The molecule has 0 spiro atoms. The molecule has 0 aliphatic carbocycles. The smallest absolute Gasteiger partial charge is 0.294 e. The van der Waals surface area contributed by atoms with E-state index in [1.165, 1.54) is 36.4 Å². The Hall–Kier alpha value is -3.10. The summed E-state index contributed by atoms with van der Waals surface area (Å²) >= 11 is 0. The van der Waals surface area contributed by atoms with Gasteiger partial charge >= 0.3 is 0 Å². The third-order valence-electron chi connectivity index (χ3n) is 3.66. The van der Waals surface area contributed by atoms with Gasteiger partial charge in [0.05, 0.1) is 4.90 Å². The van der Waals surface area contributed by atoms with Crippen molar-refractivity contribution in [1.29, 1.82) is 0 Å². The third-order valence-corrected chi connectivity index (χ3v) is 4.51. The third kappa shape index (κ3) is 3.39. The van der Waals surface area contributed by atoms with Gasteiger partial charge < -0.3 is 16.2 Å². The van der Waals surface area contributed by atoms with Gasteiger partial charge in [0.15, 0.2) is 0 Å². The van der Waals surface area contributed by atoms with E-state index in [0.717, 1.165) is 0 Å². The van der Waals surface area contributed by atoms with Crippen LogP contribution in [0.15, 0.2) is 59.5 Å². The minimum atomic E-state index is -4.42. The van der Waals surface area contributed by atoms with Crippen LogP contribution in [0.3, 0.4) is 0 Å². The number of hydrogen-bond acceptors (Lipinski definition) is 5. The van der Waals surface area contributed by atoms with Gasteiger partial charge in [-0.15, -0.1) is 0 Å². The molecule has 3 aromatic carbocycles. The molecular weight excluding hydrogens is 344 g/mol. The summed E-state index contributed by atoms with van der Waals surface area (Å²) in [4.78, 5) is 12.0. The maximum Gasteiger partial charge on any atom is 0.294 e. The summed E-state index contributed by atoms with van der Waals surface area (Å²) in [5, 5.41) is 13.2. The number of nitrogen functional groups attached to an aromatic ring is 1. The van der Waals surface area contributed by atoms with E-state index in [0.29, 0.717) is 16.6 Å². The van der Waals surface area contributed by atoms with Crippen molar-refractivity contribution in [2.75, 3.05) is 11.1 Å². The number of nitrogens with one attached hydrogen (secondary N) is 1. The first-order valence-electron chi connectivity index (χ1n) is 7.16. The van der Waals surface area contributed by atoms with Gasteiger partial charge in [0.2, 0.25) is 0 Å². The second-order valence-corrected chi connectivity index (χ2v) is 6.82. The maximum atomic E-state index is 12.4. The van der Waals surface area contributed by atoms with Crippen molar-refractivity contribution < 1.29 is 22.9 Å². The number of aromatic hydroxyl groups is 1. The normalized spacial score (nSPS) is 11.4. The van der Waals surface area contributed by atoms with E-state index in [1.54, 1.807) is 18.2 Å². The zero-order valence-corrected chi connectivity index (χ0v) is 13.6. The van der Waals surface area contributed by atoms with E-state index in [9.17, 15) is 22.9 Å². The molecule has 7 nitrogen and oxygen atoms in total. The average Bonchev–Trinajstić information content (AvgIpc) is 2.56. The number of amides is 1. The summed E-state index contributed by atoms with van der Waals surface area (Å²) in [7, 11) is -4.42. The number of phenolic OH excluding ortho intramolecular Hbond substituents is 1. The van der Waals surface area contributed by atoms with Crippen molar-refractivity contribution in [2.24, 2.45) is 0 Å². The predicted octanol–water partition coefficient (Wildman–Crippen LogP) is 2.63. The molecule has 8 heteroatoms. The number of benzene rings is 3. The van der Waals surface area contributed by atoms with Gasteiger partial charge in [-0.05, 0) is 48.5 Å². The lowest BCUT2D eigenvalue weighted by molar-refractivity contribution is 0.102. The lowest BCUT2D eigenvalue weighted by atomic mass is 10.1. The van der Waals surface area contributed by atoms with E-state index in [4.69, 9.17) is 5.73 Å². The fourth-order valence-corrected chi connectivity index (χ4v) is 2.96. The molecule has 0 saturated heterocycles. The fraction of sp³-hybridized carbons (Fsp3) is 0. The van der Waals surface area contributed by atoms with E-state index >= 15 is 0 Å². The molecule has 25 heavy (non-hydrogen) atoms. The largest absolute Gasteiger partial charge is 0.507 e. The molecule has 0 heterocycles. The van der Waals surface area contributed by atoms with Crippen molar-refractivity contribution in [2.45, 2.75) is 4.90 Å². The number of phenols is 1. The Morgan fingerprint density at radius 3 is 2.44 bits per heavy atom. The van der Waals surface area contributed by atoms with Crippen molar-refractivity contribution in [3.63, 3.8) is 0 Å². The first kappa shape index (κ1) is 16.7. The summed E-state index contributed by atoms with van der Waals surface area (Å²) in [5.74, 6) is -0.532. The van der Waals surface area contributed by atoms with Gasteiger partial charge in [0, 0.05) is 27.7 Å². The van der Waals surface area contributed by atoms with Gasteiger partial charge in [-0.25, -0.2) is 0 Å². The lowest BCUT2D eigenvalue weighted by Crippen LogP contribution is -2.12. The number of carbonyl (C=O) groups is 1. The summed E-state index contributed by atoms with van der Waals surface area (Å²) in [6.07, 6.45) is 0. The number of rotatable bonds is 3. The second kappa shape index (κ2) is 6.08. The first-order chi connectivity index (χ1) is 11.8. The molecular formula is C17H14N2O5S. The maximum absolute atomic E-state index is 12.4. The van der Waals surface area contributed by atoms with Crippen molar-refractivity contribution in [3.8, 4) is 5.75 Å². The minimum Gasteiger partial charge on any atom is -0.507 e. The molecule has 1 amide bonds.